The lowest BCUT2D eigenvalue weighted by molar-refractivity contribution is -0.265. The first-order chi connectivity index (χ1) is 21.5. The number of carbonyl (C=O) groups is 2. The fraction of sp³-hybridized carbons (Fsp3) is 0.267. The van der Waals surface area contributed by atoms with Crippen molar-refractivity contribution in [1.82, 2.24) is 20.3 Å². The van der Waals surface area contributed by atoms with Gasteiger partial charge in [0, 0.05) is 28.3 Å². The minimum absolute atomic E-state index is 0.0233. The fourth-order valence-electron chi connectivity index (χ4n) is 4.90. The number of ether oxygens (including phenoxy) is 2. The number of nitrogens with two attached hydrogens (primary N) is 1. The van der Waals surface area contributed by atoms with Crippen LogP contribution in [-0.2, 0) is 15.8 Å². The lowest BCUT2D eigenvalue weighted by Crippen LogP contribution is -2.51. The number of amides is 2. The number of carbonyl (C=O) groups excluding carboxylic acids is 2. The Labute approximate surface area is 269 Å². The Hall–Kier alpha value is -4.71. The van der Waals surface area contributed by atoms with Gasteiger partial charge in [0.1, 0.15) is 40.8 Å². The molecule has 4 N–H and O–H groups in total. The third kappa shape index (κ3) is 5.40. The van der Waals surface area contributed by atoms with E-state index < -0.39 is 41.2 Å². The number of aryl methyl sites for hydroxylation is 1. The summed E-state index contributed by atoms with van der Waals surface area (Å²) in [4.78, 5) is 38.0. The van der Waals surface area contributed by atoms with Gasteiger partial charge in [-0.05, 0) is 44.2 Å². The van der Waals surface area contributed by atoms with Gasteiger partial charge in [0.2, 0.25) is 11.5 Å². The summed E-state index contributed by atoms with van der Waals surface area (Å²) in [7, 11) is 1.34. The number of primary amides is 1. The van der Waals surface area contributed by atoms with E-state index in [0.717, 1.165) is 12.3 Å². The van der Waals surface area contributed by atoms with Gasteiger partial charge in [-0.1, -0.05) is 23.2 Å². The van der Waals surface area contributed by atoms with Gasteiger partial charge in [-0.2, -0.15) is 18.4 Å². The number of pyridine rings is 3. The van der Waals surface area contributed by atoms with Crippen molar-refractivity contribution in [2.45, 2.75) is 31.0 Å². The smallest absolute Gasteiger partial charge is 0.424 e. The molecule has 0 aliphatic carbocycles. The molecule has 0 bridgehead atoms. The highest BCUT2D eigenvalue weighted by Gasteiger charge is 2.57. The first-order valence-corrected chi connectivity index (χ1v) is 14.1. The summed E-state index contributed by atoms with van der Waals surface area (Å²) < 4.78 is 55.3. The number of nitrogens with one attached hydrogen (secondary N) is 1. The minimum Gasteiger partial charge on any atom is -0.494 e. The number of aromatic nitrogens is 3. The van der Waals surface area contributed by atoms with E-state index in [1.165, 1.54) is 38.3 Å². The van der Waals surface area contributed by atoms with Crippen LogP contribution in [-0.4, -0.2) is 58.3 Å². The first-order valence-electron chi connectivity index (χ1n) is 13.3. The van der Waals surface area contributed by atoms with Crippen LogP contribution >= 0.6 is 23.2 Å². The molecular weight excluding hydrogens is 652 g/mol. The van der Waals surface area contributed by atoms with Gasteiger partial charge >= 0.3 is 6.18 Å². The van der Waals surface area contributed by atoms with Crippen LogP contribution in [0.2, 0.25) is 10.0 Å². The van der Waals surface area contributed by atoms with Crippen LogP contribution < -0.4 is 20.5 Å². The molecule has 238 valence electrons. The van der Waals surface area contributed by atoms with Gasteiger partial charge in [0.15, 0.2) is 5.69 Å². The van der Waals surface area contributed by atoms with Crippen molar-refractivity contribution in [3.8, 4) is 28.8 Å². The van der Waals surface area contributed by atoms with Crippen LogP contribution in [0, 0.1) is 18.3 Å². The zero-order valence-electron chi connectivity index (χ0n) is 24.2. The molecule has 2 atom stereocenters. The van der Waals surface area contributed by atoms with Crippen LogP contribution in [0.15, 0.2) is 36.5 Å². The summed E-state index contributed by atoms with van der Waals surface area (Å²) in [5.74, 6) is -1.83. The van der Waals surface area contributed by atoms with Crippen molar-refractivity contribution in [1.29, 1.82) is 5.26 Å². The van der Waals surface area contributed by atoms with Crippen LogP contribution in [0.5, 0.6) is 11.5 Å². The van der Waals surface area contributed by atoms with E-state index in [1.807, 2.05) is 0 Å². The van der Waals surface area contributed by atoms with E-state index in [1.54, 1.807) is 13.0 Å². The molecular formula is C30H23Cl2F3N6O5. The molecule has 5 rings (SSSR count). The fourth-order valence-corrected chi connectivity index (χ4v) is 5.27. The van der Waals surface area contributed by atoms with Gasteiger partial charge in [-0.25, -0.2) is 15.0 Å². The number of hydrogen-bond acceptors (Lipinski definition) is 9. The molecule has 11 nitrogen and oxygen atoms in total. The molecule has 2 amide bonds. The van der Waals surface area contributed by atoms with E-state index in [9.17, 15) is 33.1 Å². The quantitative estimate of drug-likeness (QED) is 0.255. The van der Waals surface area contributed by atoms with E-state index in [0.29, 0.717) is 21.6 Å². The number of aliphatic hydroxyl groups is 1. The van der Waals surface area contributed by atoms with Crippen molar-refractivity contribution in [3.63, 3.8) is 0 Å². The topological polar surface area (TPSA) is 173 Å². The second-order valence-corrected chi connectivity index (χ2v) is 11.5. The van der Waals surface area contributed by atoms with E-state index in [4.69, 9.17) is 38.4 Å². The Morgan fingerprint density at radius 2 is 1.91 bits per heavy atom. The lowest BCUT2D eigenvalue weighted by Gasteiger charge is -2.31. The molecule has 1 aliphatic rings. The molecule has 46 heavy (non-hydrogen) atoms. The number of halogens is 5. The minimum atomic E-state index is -5.40. The van der Waals surface area contributed by atoms with E-state index in [2.05, 4.69) is 20.3 Å². The third-order valence-corrected chi connectivity index (χ3v) is 8.40. The second kappa shape index (κ2) is 11.6. The molecule has 3 aromatic heterocycles. The number of benzene rings is 1. The number of rotatable bonds is 7. The van der Waals surface area contributed by atoms with E-state index >= 15 is 0 Å². The largest absolute Gasteiger partial charge is 0.494 e. The number of nitrogens with zero attached hydrogens (tertiary/aromatic N) is 4. The van der Waals surface area contributed by atoms with Gasteiger partial charge in [0.25, 0.3) is 5.91 Å². The highest BCUT2D eigenvalue weighted by atomic mass is 35.5. The zero-order chi connectivity index (χ0) is 33.8. The predicted octanol–water partition coefficient (Wildman–Crippen LogP) is 4.50. The van der Waals surface area contributed by atoms with Gasteiger partial charge in [-0.3, -0.25) is 9.59 Å². The number of nitriles is 1. The normalized spacial score (nSPS) is 17.0. The average molecular weight is 675 g/mol. The summed E-state index contributed by atoms with van der Waals surface area (Å²) in [5.41, 5.74) is -0.487. The van der Waals surface area contributed by atoms with Gasteiger partial charge < -0.3 is 25.6 Å². The van der Waals surface area contributed by atoms with Crippen molar-refractivity contribution >= 4 is 45.9 Å². The molecule has 4 heterocycles. The maximum Gasteiger partial charge on any atom is 0.424 e. The van der Waals surface area contributed by atoms with Crippen LogP contribution in [0.4, 0.5) is 13.2 Å². The number of methoxy groups -OCH3 is 1. The van der Waals surface area contributed by atoms with Gasteiger partial charge in [-0.15, -0.1) is 0 Å². The SMILES string of the molecule is COc1cc(C(=O)NCC(O)(c2cc3c(c(-c4cnc(C#N)c(Cl)c4)n2)OC[C@]3(C)C(N)=O)C(F)(F)F)cc2cc(Cl)c(C)nc12. The molecule has 4 aromatic rings. The first kappa shape index (κ1) is 32.7. The highest BCUT2D eigenvalue weighted by Crippen LogP contribution is 2.48. The summed E-state index contributed by atoms with van der Waals surface area (Å²) in [6.07, 6.45) is -4.28. The Bertz CT molecular complexity index is 1990. The maximum atomic E-state index is 14.8. The highest BCUT2D eigenvalue weighted by molar-refractivity contribution is 6.32. The third-order valence-electron chi connectivity index (χ3n) is 7.73. The molecule has 16 heteroatoms. The van der Waals surface area contributed by atoms with Crippen LogP contribution in [0.1, 0.15) is 39.9 Å². The summed E-state index contributed by atoms with van der Waals surface area (Å²) in [5, 5.41) is 23.2. The Morgan fingerprint density at radius 1 is 1.20 bits per heavy atom. The second-order valence-electron chi connectivity index (χ2n) is 10.7. The Balaban J connectivity index is 1.61. The van der Waals surface area contributed by atoms with Crippen molar-refractivity contribution in [3.05, 3.63) is 74.8 Å². The Morgan fingerprint density at radius 3 is 2.52 bits per heavy atom. The molecule has 0 spiro atoms. The maximum absolute atomic E-state index is 14.8. The van der Waals surface area contributed by atoms with Crippen LogP contribution in [0.25, 0.3) is 22.2 Å². The van der Waals surface area contributed by atoms with Crippen LogP contribution in [0.3, 0.4) is 0 Å². The van der Waals surface area contributed by atoms with Crippen molar-refractivity contribution in [2.75, 3.05) is 20.3 Å². The number of fused-ring (bicyclic) bond motifs is 2. The lowest BCUT2D eigenvalue weighted by atomic mass is 9.82. The zero-order valence-corrected chi connectivity index (χ0v) is 25.7. The van der Waals surface area contributed by atoms with Gasteiger partial charge in [0.05, 0.1) is 35.1 Å². The number of hydrogen-bond donors (Lipinski definition) is 3. The molecule has 1 unspecified atom stereocenters. The Kier molecular flexibility index (Phi) is 8.23. The molecule has 0 saturated carbocycles. The summed E-state index contributed by atoms with van der Waals surface area (Å²) in [6.45, 7) is 1.30. The van der Waals surface area contributed by atoms with Crippen molar-refractivity contribution < 1.29 is 37.3 Å². The van der Waals surface area contributed by atoms with Crippen molar-refractivity contribution in [2.24, 2.45) is 5.73 Å². The predicted molar refractivity (Wildman–Crippen MR) is 160 cm³/mol. The number of alkyl halides is 3. The average Bonchev–Trinajstić information content (AvgIpc) is 3.36. The molecule has 0 radical (unpaired) electrons. The molecule has 1 aliphatic heterocycles. The van der Waals surface area contributed by atoms with E-state index in [-0.39, 0.29) is 51.2 Å². The standard InChI is InChI=1S/C30H23Cl2F3N6O5/c1-13-18(31)5-14-4-15(7-21(45-3)23(14)40-13)26(42)39-11-29(44,30(33,34)35)22-8-17-25(46-12-28(17,2)27(37)43)24(41-22)16-6-19(32)20(9-36)38-10-16/h4-8,10,44H,11-12H2,1-3H3,(H2,37,43)(H,39,42)/t28-,29?/m0/s1. The molecule has 1 aromatic carbocycles. The summed E-state index contributed by atoms with van der Waals surface area (Å²) >= 11 is 12.3. The molecule has 0 fully saturated rings. The molecule has 0 saturated heterocycles. The summed E-state index contributed by atoms with van der Waals surface area (Å²) in [6, 6.07) is 8.04. The monoisotopic (exact) mass is 674 g/mol.